The van der Waals surface area contributed by atoms with Crippen molar-refractivity contribution in [2.45, 2.75) is 0 Å². The first-order valence-corrected chi connectivity index (χ1v) is 7.51. The quantitative estimate of drug-likeness (QED) is 0.765. The molecule has 0 spiro atoms. The third kappa shape index (κ3) is 2.94. The van der Waals surface area contributed by atoms with Crippen molar-refractivity contribution in [3.63, 3.8) is 0 Å². The van der Waals surface area contributed by atoms with Crippen LogP contribution in [0.5, 0.6) is 17.2 Å². The second kappa shape index (κ2) is 6.68. The minimum absolute atomic E-state index is 0.120. The van der Waals surface area contributed by atoms with Crippen LogP contribution in [-0.4, -0.2) is 37.4 Å². The van der Waals surface area contributed by atoms with Gasteiger partial charge >= 0.3 is 5.97 Å². The number of methoxy groups -OCH3 is 3. The number of hydrogen-bond donors (Lipinski definition) is 1. The molecule has 0 aliphatic rings. The molecule has 0 aliphatic carbocycles. The Balaban J connectivity index is 2.31. The summed E-state index contributed by atoms with van der Waals surface area (Å²) in [6.45, 7) is 0. The monoisotopic (exact) mass is 339 g/mol. The van der Waals surface area contributed by atoms with Crippen molar-refractivity contribution < 1.29 is 24.1 Å². The fourth-order valence-electron chi connectivity index (χ4n) is 2.75. The van der Waals surface area contributed by atoms with Crippen molar-refractivity contribution >= 4 is 16.7 Å². The number of fused-ring (bicyclic) bond motifs is 1. The summed E-state index contributed by atoms with van der Waals surface area (Å²) in [5.41, 5.74) is 1.18. The van der Waals surface area contributed by atoms with E-state index in [1.807, 2.05) is 12.1 Å². The van der Waals surface area contributed by atoms with Crippen LogP contribution in [0.2, 0.25) is 0 Å². The molecule has 0 bridgehead atoms. The lowest BCUT2D eigenvalue weighted by atomic mass is 9.98. The second-order valence-corrected chi connectivity index (χ2v) is 5.30. The Labute approximate surface area is 144 Å². The molecular weight excluding hydrogens is 322 g/mol. The van der Waals surface area contributed by atoms with Gasteiger partial charge in [-0.15, -0.1) is 0 Å². The summed E-state index contributed by atoms with van der Waals surface area (Å²) in [6, 6.07) is 10.4. The molecule has 0 unspecified atom stereocenters. The molecule has 0 aliphatic heterocycles. The molecule has 0 saturated carbocycles. The average Bonchev–Trinajstić information content (AvgIpc) is 2.65. The number of benzene rings is 2. The molecule has 0 atom stereocenters. The Hall–Kier alpha value is -3.28. The van der Waals surface area contributed by atoms with Crippen LogP contribution >= 0.6 is 0 Å². The molecule has 1 heterocycles. The van der Waals surface area contributed by atoms with E-state index in [1.54, 1.807) is 38.6 Å². The summed E-state index contributed by atoms with van der Waals surface area (Å²) in [6.07, 6.45) is 1.64. The maximum Gasteiger partial charge on any atom is 0.336 e. The van der Waals surface area contributed by atoms with Crippen LogP contribution in [0.3, 0.4) is 0 Å². The van der Waals surface area contributed by atoms with Gasteiger partial charge in [-0.25, -0.2) is 4.79 Å². The Morgan fingerprint density at radius 1 is 0.960 bits per heavy atom. The third-order valence-corrected chi connectivity index (χ3v) is 3.98. The van der Waals surface area contributed by atoms with E-state index in [1.165, 1.54) is 13.2 Å². The van der Waals surface area contributed by atoms with Crippen molar-refractivity contribution in [1.82, 2.24) is 4.98 Å². The molecule has 1 aromatic heterocycles. The molecule has 3 aromatic rings. The molecule has 1 N–H and O–H groups in total. The molecule has 128 valence electrons. The fraction of sp³-hybridized carbons (Fsp3) is 0.158. The summed E-state index contributed by atoms with van der Waals surface area (Å²) in [5.74, 6) is 0.573. The van der Waals surface area contributed by atoms with Gasteiger partial charge in [0.15, 0.2) is 11.5 Å². The van der Waals surface area contributed by atoms with Crippen LogP contribution in [0, 0.1) is 0 Å². The molecule has 0 fully saturated rings. The highest BCUT2D eigenvalue weighted by atomic mass is 16.5. The third-order valence-electron chi connectivity index (χ3n) is 3.98. The number of ether oxygens (including phenoxy) is 3. The van der Waals surface area contributed by atoms with Gasteiger partial charge in [0, 0.05) is 17.1 Å². The normalized spacial score (nSPS) is 10.5. The largest absolute Gasteiger partial charge is 0.497 e. The van der Waals surface area contributed by atoms with Crippen LogP contribution in [0.4, 0.5) is 0 Å². The first-order chi connectivity index (χ1) is 12.1. The van der Waals surface area contributed by atoms with Crippen LogP contribution in [0.25, 0.3) is 22.0 Å². The molecule has 25 heavy (non-hydrogen) atoms. The van der Waals surface area contributed by atoms with E-state index in [0.717, 1.165) is 10.8 Å². The van der Waals surface area contributed by atoms with Gasteiger partial charge in [0.05, 0.1) is 32.6 Å². The molecule has 0 saturated heterocycles. The number of aromatic carboxylic acids is 1. The minimum atomic E-state index is -1.05. The van der Waals surface area contributed by atoms with Crippen LogP contribution in [0.1, 0.15) is 10.4 Å². The molecule has 6 heteroatoms. The Morgan fingerprint density at radius 3 is 2.32 bits per heavy atom. The van der Waals surface area contributed by atoms with Gasteiger partial charge in [0.1, 0.15) is 5.75 Å². The van der Waals surface area contributed by atoms with E-state index in [2.05, 4.69) is 4.98 Å². The highest BCUT2D eigenvalue weighted by Crippen LogP contribution is 2.37. The van der Waals surface area contributed by atoms with Gasteiger partial charge < -0.3 is 19.3 Å². The smallest absolute Gasteiger partial charge is 0.336 e. The van der Waals surface area contributed by atoms with E-state index >= 15 is 0 Å². The lowest BCUT2D eigenvalue weighted by Crippen LogP contribution is -2.02. The Morgan fingerprint density at radius 2 is 1.68 bits per heavy atom. The fourth-order valence-corrected chi connectivity index (χ4v) is 2.75. The topological polar surface area (TPSA) is 77.9 Å². The highest BCUT2D eigenvalue weighted by Gasteiger charge is 2.17. The molecular formula is C19H17NO5. The van der Waals surface area contributed by atoms with Crippen LogP contribution < -0.4 is 14.2 Å². The lowest BCUT2D eigenvalue weighted by Gasteiger charge is -2.13. The number of hydrogen-bond acceptors (Lipinski definition) is 5. The maximum absolute atomic E-state index is 11.7. The van der Waals surface area contributed by atoms with Crippen molar-refractivity contribution in [2.75, 3.05) is 21.3 Å². The summed E-state index contributed by atoms with van der Waals surface area (Å²) in [7, 11) is 4.61. The number of carbonyl (C=O) groups is 1. The number of pyridine rings is 1. The van der Waals surface area contributed by atoms with Gasteiger partial charge in [-0.1, -0.05) is 0 Å². The van der Waals surface area contributed by atoms with Gasteiger partial charge in [-0.3, -0.25) is 4.98 Å². The molecule has 3 rings (SSSR count). The van der Waals surface area contributed by atoms with Crippen molar-refractivity contribution in [3.8, 4) is 28.5 Å². The average molecular weight is 339 g/mol. The lowest BCUT2D eigenvalue weighted by molar-refractivity contribution is 0.0697. The van der Waals surface area contributed by atoms with E-state index in [9.17, 15) is 9.90 Å². The van der Waals surface area contributed by atoms with Crippen molar-refractivity contribution in [1.29, 1.82) is 0 Å². The van der Waals surface area contributed by atoms with Crippen LogP contribution in [-0.2, 0) is 0 Å². The summed E-state index contributed by atoms with van der Waals surface area (Å²) >= 11 is 0. The summed E-state index contributed by atoms with van der Waals surface area (Å²) in [4.78, 5) is 16.1. The van der Waals surface area contributed by atoms with Crippen LogP contribution in [0.15, 0.2) is 42.6 Å². The van der Waals surface area contributed by atoms with Gasteiger partial charge in [0.2, 0.25) is 0 Å². The predicted octanol–water partition coefficient (Wildman–Crippen LogP) is 3.63. The maximum atomic E-state index is 11.7. The van der Waals surface area contributed by atoms with E-state index in [4.69, 9.17) is 14.2 Å². The summed E-state index contributed by atoms with van der Waals surface area (Å²) in [5, 5.41) is 11.2. The second-order valence-electron chi connectivity index (χ2n) is 5.30. The van der Waals surface area contributed by atoms with E-state index < -0.39 is 5.97 Å². The zero-order chi connectivity index (χ0) is 18.0. The van der Waals surface area contributed by atoms with Gasteiger partial charge in [-0.2, -0.15) is 0 Å². The number of rotatable bonds is 5. The first-order valence-electron chi connectivity index (χ1n) is 7.51. The molecule has 6 nitrogen and oxygen atoms in total. The summed E-state index contributed by atoms with van der Waals surface area (Å²) < 4.78 is 15.8. The Bertz CT molecular complexity index is 952. The number of carboxylic acid groups (broad SMARTS) is 1. The Kier molecular flexibility index (Phi) is 4.43. The number of carboxylic acids is 1. The zero-order valence-electron chi connectivity index (χ0n) is 14.1. The van der Waals surface area contributed by atoms with E-state index in [0.29, 0.717) is 28.5 Å². The predicted molar refractivity (Wildman–Crippen MR) is 93.8 cm³/mol. The number of aromatic nitrogens is 1. The standard InChI is InChI=1S/C19H17NO5/c1-23-12-4-5-13(15(9-12)19(21)22)18-14-10-17(25-3)16(24-2)8-11(14)6-7-20-18/h4-10H,1-3H3,(H,21,22). The van der Waals surface area contributed by atoms with Gasteiger partial charge in [-0.05, 0) is 41.8 Å². The molecule has 0 radical (unpaired) electrons. The zero-order valence-corrected chi connectivity index (χ0v) is 14.1. The minimum Gasteiger partial charge on any atom is -0.497 e. The molecule has 2 aromatic carbocycles. The number of nitrogens with zero attached hydrogens (tertiary/aromatic N) is 1. The van der Waals surface area contributed by atoms with Gasteiger partial charge in [0.25, 0.3) is 0 Å². The van der Waals surface area contributed by atoms with E-state index in [-0.39, 0.29) is 5.56 Å². The van der Waals surface area contributed by atoms with Crippen molar-refractivity contribution in [2.24, 2.45) is 0 Å². The highest BCUT2D eigenvalue weighted by molar-refractivity contribution is 6.03. The molecule has 0 amide bonds. The van der Waals surface area contributed by atoms with Crippen molar-refractivity contribution in [3.05, 3.63) is 48.2 Å². The first kappa shape index (κ1) is 16.6. The SMILES string of the molecule is COc1ccc(-c2nccc3cc(OC)c(OC)cc23)c(C(=O)O)c1.